The Hall–Kier alpha value is -1.42. The van der Waals surface area contributed by atoms with Crippen LogP contribution in [0.4, 0.5) is 4.39 Å². The number of hydrogen-bond donors (Lipinski definition) is 0. The topological polar surface area (TPSA) is 30.2 Å². The Balaban J connectivity index is 2.51. The van der Waals surface area contributed by atoms with Gasteiger partial charge >= 0.3 is 0 Å². The number of hydrogen-bond acceptors (Lipinski definition) is 2. The molecule has 0 atom stereocenters. The molecule has 0 aliphatic carbocycles. The van der Waals surface area contributed by atoms with Crippen molar-refractivity contribution >= 4 is 21.7 Å². The maximum absolute atomic E-state index is 13.4. The van der Waals surface area contributed by atoms with Crippen molar-refractivity contribution in [1.29, 1.82) is 0 Å². The second-order valence-electron chi connectivity index (χ2n) is 2.90. The highest BCUT2D eigenvalue weighted by Crippen LogP contribution is 2.22. The average molecular weight is 269 g/mol. The van der Waals surface area contributed by atoms with Gasteiger partial charge in [-0.1, -0.05) is 6.07 Å². The third-order valence-corrected chi connectivity index (χ3v) is 2.60. The molecule has 0 unspecified atom stereocenters. The summed E-state index contributed by atoms with van der Waals surface area (Å²) in [5.74, 6) is -0.906. The number of ketones is 1. The Kier molecular flexibility index (Phi) is 2.68. The summed E-state index contributed by atoms with van der Waals surface area (Å²) in [5.41, 5.74) is -0.00699. The van der Waals surface area contributed by atoms with E-state index in [0.29, 0.717) is 4.47 Å². The van der Waals surface area contributed by atoms with Crippen LogP contribution in [0.1, 0.15) is 16.1 Å². The molecular weight excluding hydrogens is 263 g/mol. The number of halogens is 2. The zero-order chi connectivity index (χ0) is 10.8. The molecule has 4 heteroatoms. The van der Waals surface area contributed by atoms with Crippen LogP contribution in [0.25, 0.3) is 0 Å². The molecule has 0 spiro atoms. The first kappa shape index (κ1) is 10.1. The van der Waals surface area contributed by atoms with Crippen LogP contribution in [0.2, 0.25) is 0 Å². The Morgan fingerprint density at radius 1 is 1.27 bits per heavy atom. The predicted octanol–water partition coefficient (Wildman–Crippen LogP) is 3.41. The minimum atomic E-state index is -0.564. The van der Waals surface area contributed by atoms with Gasteiger partial charge in [0.05, 0.1) is 11.8 Å². The number of carbonyl (C=O) groups excluding carboxylic acids is 1. The summed E-state index contributed by atoms with van der Waals surface area (Å²) in [5, 5.41) is 0. The third kappa shape index (κ3) is 1.85. The fraction of sp³-hybridized carbons (Fsp3) is 0. The molecular formula is C11H6BrFO2. The van der Waals surface area contributed by atoms with Crippen LogP contribution in [-0.2, 0) is 0 Å². The molecule has 15 heavy (non-hydrogen) atoms. The minimum Gasteiger partial charge on any atom is -0.461 e. The van der Waals surface area contributed by atoms with Crippen LogP contribution < -0.4 is 0 Å². The average Bonchev–Trinajstić information content (AvgIpc) is 2.69. The molecule has 0 radical (unpaired) electrons. The molecule has 0 fully saturated rings. The molecule has 0 N–H and O–H groups in total. The van der Waals surface area contributed by atoms with Crippen molar-refractivity contribution in [3.8, 4) is 0 Å². The first-order chi connectivity index (χ1) is 7.20. The molecule has 0 aliphatic rings. The van der Waals surface area contributed by atoms with Gasteiger partial charge in [-0.05, 0) is 40.2 Å². The second-order valence-corrected chi connectivity index (χ2v) is 3.76. The summed E-state index contributed by atoms with van der Waals surface area (Å²) in [6.45, 7) is 0. The van der Waals surface area contributed by atoms with E-state index in [1.165, 1.54) is 24.5 Å². The lowest BCUT2D eigenvalue weighted by atomic mass is 10.1. The molecule has 2 nitrogen and oxygen atoms in total. The normalized spacial score (nSPS) is 10.3. The molecule has 1 heterocycles. The molecule has 0 amide bonds. The number of furan rings is 1. The summed E-state index contributed by atoms with van der Waals surface area (Å²) in [6.07, 6.45) is 1.38. The van der Waals surface area contributed by atoms with E-state index in [1.807, 2.05) is 0 Å². The maximum atomic E-state index is 13.4. The molecule has 76 valence electrons. The van der Waals surface area contributed by atoms with E-state index in [-0.39, 0.29) is 11.3 Å². The Morgan fingerprint density at radius 3 is 2.67 bits per heavy atom. The number of benzene rings is 1. The van der Waals surface area contributed by atoms with E-state index in [4.69, 9.17) is 4.42 Å². The fourth-order valence-corrected chi connectivity index (χ4v) is 1.77. The summed E-state index contributed by atoms with van der Waals surface area (Å²) < 4.78 is 18.7. The molecule has 0 aliphatic heterocycles. The van der Waals surface area contributed by atoms with Gasteiger partial charge in [-0.15, -0.1) is 0 Å². The number of carbonyl (C=O) groups is 1. The smallest absolute Gasteiger partial charge is 0.232 e. The lowest BCUT2D eigenvalue weighted by Crippen LogP contribution is -2.03. The molecule has 0 saturated heterocycles. The largest absolute Gasteiger partial charge is 0.461 e. The van der Waals surface area contributed by atoms with Crippen LogP contribution in [0.15, 0.2) is 45.5 Å². The van der Waals surface area contributed by atoms with Gasteiger partial charge in [-0.3, -0.25) is 4.79 Å². The maximum Gasteiger partial charge on any atom is 0.232 e. The standard InChI is InChI=1S/C11H6BrFO2/c12-7-3-1-4-8(13)10(7)11(14)9-5-2-6-15-9/h1-6H. The predicted molar refractivity (Wildman–Crippen MR) is 56.2 cm³/mol. The van der Waals surface area contributed by atoms with E-state index >= 15 is 0 Å². The van der Waals surface area contributed by atoms with Gasteiger partial charge in [0.1, 0.15) is 5.82 Å². The van der Waals surface area contributed by atoms with Crippen molar-refractivity contribution in [3.05, 3.63) is 58.2 Å². The Labute approximate surface area is 93.8 Å². The highest BCUT2D eigenvalue weighted by atomic mass is 79.9. The van der Waals surface area contributed by atoms with Gasteiger partial charge in [0.25, 0.3) is 0 Å². The Bertz CT molecular complexity index is 471. The van der Waals surface area contributed by atoms with E-state index in [0.717, 1.165) is 0 Å². The minimum absolute atomic E-state index is 0.00699. The first-order valence-electron chi connectivity index (χ1n) is 4.22. The zero-order valence-electron chi connectivity index (χ0n) is 7.54. The van der Waals surface area contributed by atoms with Crippen molar-refractivity contribution in [2.45, 2.75) is 0 Å². The van der Waals surface area contributed by atoms with Gasteiger partial charge in [0.15, 0.2) is 5.76 Å². The lowest BCUT2D eigenvalue weighted by Gasteiger charge is -2.02. The highest BCUT2D eigenvalue weighted by molar-refractivity contribution is 9.10. The van der Waals surface area contributed by atoms with Gasteiger partial charge in [-0.25, -0.2) is 4.39 Å². The van der Waals surface area contributed by atoms with E-state index in [9.17, 15) is 9.18 Å². The molecule has 0 saturated carbocycles. The van der Waals surface area contributed by atoms with Crippen molar-refractivity contribution in [2.24, 2.45) is 0 Å². The first-order valence-corrected chi connectivity index (χ1v) is 5.01. The van der Waals surface area contributed by atoms with Gasteiger partial charge in [-0.2, -0.15) is 0 Å². The van der Waals surface area contributed by atoms with Gasteiger partial charge in [0.2, 0.25) is 5.78 Å². The molecule has 0 bridgehead atoms. The summed E-state index contributed by atoms with van der Waals surface area (Å²) in [4.78, 5) is 11.8. The van der Waals surface area contributed by atoms with E-state index < -0.39 is 11.6 Å². The van der Waals surface area contributed by atoms with Crippen LogP contribution >= 0.6 is 15.9 Å². The van der Waals surface area contributed by atoms with Crippen LogP contribution in [0.3, 0.4) is 0 Å². The van der Waals surface area contributed by atoms with Crippen molar-refractivity contribution in [3.63, 3.8) is 0 Å². The molecule has 1 aromatic carbocycles. The summed E-state index contributed by atoms with van der Waals surface area (Å²) in [6, 6.07) is 7.46. The SMILES string of the molecule is O=C(c1ccco1)c1c(F)cccc1Br. The molecule has 2 rings (SSSR count). The third-order valence-electron chi connectivity index (χ3n) is 1.93. The Morgan fingerprint density at radius 2 is 2.07 bits per heavy atom. The second kappa shape index (κ2) is 3.98. The van der Waals surface area contributed by atoms with E-state index in [2.05, 4.69) is 15.9 Å². The fourth-order valence-electron chi connectivity index (χ4n) is 1.25. The zero-order valence-corrected chi connectivity index (χ0v) is 9.12. The van der Waals surface area contributed by atoms with Crippen LogP contribution in [0, 0.1) is 5.82 Å². The van der Waals surface area contributed by atoms with Gasteiger partial charge in [0, 0.05) is 4.47 Å². The number of rotatable bonds is 2. The van der Waals surface area contributed by atoms with E-state index in [1.54, 1.807) is 12.1 Å². The summed E-state index contributed by atoms with van der Waals surface area (Å²) >= 11 is 3.13. The quantitative estimate of drug-likeness (QED) is 0.782. The molecule has 2 aromatic rings. The van der Waals surface area contributed by atoms with Crippen molar-refractivity contribution in [2.75, 3.05) is 0 Å². The highest BCUT2D eigenvalue weighted by Gasteiger charge is 2.18. The monoisotopic (exact) mass is 268 g/mol. The summed E-state index contributed by atoms with van der Waals surface area (Å²) in [7, 11) is 0. The lowest BCUT2D eigenvalue weighted by molar-refractivity contribution is 0.100. The van der Waals surface area contributed by atoms with Crippen molar-refractivity contribution in [1.82, 2.24) is 0 Å². The van der Waals surface area contributed by atoms with Crippen LogP contribution in [0.5, 0.6) is 0 Å². The van der Waals surface area contributed by atoms with Crippen LogP contribution in [-0.4, -0.2) is 5.78 Å². The molecule has 1 aromatic heterocycles. The van der Waals surface area contributed by atoms with Crippen molar-refractivity contribution < 1.29 is 13.6 Å². The van der Waals surface area contributed by atoms with Gasteiger partial charge < -0.3 is 4.42 Å².